The first-order chi connectivity index (χ1) is 10.8. The smallest absolute Gasteiger partial charge is 0.392 e. The van der Waals surface area contributed by atoms with Crippen molar-refractivity contribution in [3.05, 3.63) is 63.3 Å². The highest BCUT2D eigenvalue weighted by atomic mass is 19.4. The molecule has 1 unspecified atom stereocenters. The second-order valence-corrected chi connectivity index (χ2v) is 5.38. The molecule has 1 heterocycles. The Hall–Kier alpha value is -2.41. The zero-order valence-corrected chi connectivity index (χ0v) is 11.9. The van der Waals surface area contributed by atoms with E-state index < -0.39 is 23.7 Å². The van der Waals surface area contributed by atoms with Crippen molar-refractivity contribution >= 4 is 11.6 Å². The van der Waals surface area contributed by atoms with Crippen molar-refractivity contribution in [2.45, 2.75) is 25.1 Å². The number of H-pyrrole nitrogens is 1. The quantitative estimate of drug-likeness (QED) is 0.848. The van der Waals surface area contributed by atoms with Gasteiger partial charge in [0.2, 0.25) is 0 Å². The molecule has 2 aromatic rings. The molecule has 1 atom stereocenters. The Labute approximate surface area is 129 Å². The molecular formula is C16H13F3N2O2. The van der Waals surface area contributed by atoms with E-state index in [1.807, 2.05) is 6.07 Å². The summed E-state index contributed by atoms with van der Waals surface area (Å²) in [5, 5.41) is 9.94. The molecule has 0 saturated carbocycles. The highest BCUT2D eigenvalue weighted by Gasteiger charge is 2.38. The average molecular weight is 322 g/mol. The lowest BCUT2D eigenvalue weighted by Gasteiger charge is -2.25. The van der Waals surface area contributed by atoms with Crippen LogP contribution in [0.2, 0.25) is 0 Å². The van der Waals surface area contributed by atoms with Crippen LogP contribution in [-0.4, -0.2) is 21.2 Å². The predicted molar refractivity (Wildman–Crippen MR) is 78.5 cm³/mol. The molecule has 0 aliphatic heterocycles. The maximum Gasteiger partial charge on any atom is 0.431 e. The van der Waals surface area contributed by atoms with Crippen LogP contribution in [-0.2, 0) is 12.6 Å². The lowest BCUT2D eigenvalue weighted by molar-refractivity contribution is -0.142. The van der Waals surface area contributed by atoms with E-state index in [1.165, 1.54) is 0 Å². The van der Waals surface area contributed by atoms with Gasteiger partial charge < -0.3 is 10.1 Å². The summed E-state index contributed by atoms with van der Waals surface area (Å²) in [6.45, 7) is 0. The van der Waals surface area contributed by atoms with Gasteiger partial charge in [0.05, 0.1) is 11.8 Å². The molecule has 2 N–H and O–H groups in total. The number of aromatic amines is 1. The Morgan fingerprint density at radius 2 is 1.91 bits per heavy atom. The Morgan fingerprint density at radius 1 is 1.22 bits per heavy atom. The van der Waals surface area contributed by atoms with Gasteiger partial charge in [0.1, 0.15) is 5.69 Å². The summed E-state index contributed by atoms with van der Waals surface area (Å²) in [5.74, 6) is 0. The van der Waals surface area contributed by atoms with E-state index in [0.29, 0.717) is 5.57 Å². The molecule has 0 spiro atoms. The van der Waals surface area contributed by atoms with Crippen LogP contribution in [0.5, 0.6) is 0 Å². The van der Waals surface area contributed by atoms with Gasteiger partial charge >= 0.3 is 11.9 Å². The van der Waals surface area contributed by atoms with Crippen LogP contribution in [0.25, 0.3) is 11.6 Å². The summed E-state index contributed by atoms with van der Waals surface area (Å²) in [6.07, 6.45) is -4.06. The summed E-state index contributed by atoms with van der Waals surface area (Å²) in [7, 11) is 0. The number of hydrogen-bond acceptors (Lipinski definition) is 3. The number of nitrogens with one attached hydrogen (secondary N) is 1. The summed E-state index contributed by atoms with van der Waals surface area (Å²) in [5.41, 5.74) is -1.16. The van der Waals surface area contributed by atoms with E-state index in [4.69, 9.17) is 0 Å². The van der Waals surface area contributed by atoms with Crippen molar-refractivity contribution in [2.75, 3.05) is 0 Å². The number of benzene rings is 1. The zero-order chi connectivity index (χ0) is 16.6. The first-order valence-electron chi connectivity index (χ1n) is 6.99. The van der Waals surface area contributed by atoms with E-state index >= 15 is 0 Å². The third-order valence-electron chi connectivity index (χ3n) is 3.66. The van der Waals surface area contributed by atoms with E-state index in [1.54, 1.807) is 35.3 Å². The van der Waals surface area contributed by atoms with Crippen molar-refractivity contribution < 1.29 is 18.3 Å². The molecule has 3 rings (SSSR count). The van der Waals surface area contributed by atoms with E-state index in [0.717, 1.165) is 5.56 Å². The molecule has 1 aliphatic rings. The molecule has 0 radical (unpaired) electrons. The van der Waals surface area contributed by atoms with E-state index in [9.17, 15) is 23.1 Å². The number of nitrogens with zero attached hydrogens (tertiary/aromatic N) is 1. The topological polar surface area (TPSA) is 66.0 Å². The maximum atomic E-state index is 13.1. The second-order valence-electron chi connectivity index (χ2n) is 5.38. The van der Waals surface area contributed by atoms with Crippen LogP contribution < -0.4 is 5.69 Å². The Balaban J connectivity index is 2.21. The van der Waals surface area contributed by atoms with Crippen LogP contribution >= 0.6 is 0 Å². The molecule has 7 heteroatoms. The largest absolute Gasteiger partial charge is 0.431 e. The molecule has 0 amide bonds. The van der Waals surface area contributed by atoms with Gasteiger partial charge in [0.25, 0.3) is 0 Å². The number of fused-ring (bicyclic) bond motifs is 1. The first-order valence-corrected chi connectivity index (χ1v) is 6.99. The molecule has 0 bridgehead atoms. The normalized spacial score (nSPS) is 19.7. The summed E-state index contributed by atoms with van der Waals surface area (Å²) >= 11 is 0. The molecule has 4 nitrogen and oxygen atoms in total. The van der Waals surface area contributed by atoms with Crippen molar-refractivity contribution in [2.24, 2.45) is 0 Å². The minimum absolute atomic E-state index is 0.00947. The number of halogens is 3. The van der Waals surface area contributed by atoms with Crippen LogP contribution in [0.15, 0.2) is 35.1 Å². The Kier molecular flexibility index (Phi) is 3.81. The fraction of sp³-hybridized carbons (Fsp3) is 0.250. The van der Waals surface area contributed by atoms with Crippen molar-refractivity contribution in [3.63, 3.8) is 0 Å². The molecule has 1 aromatic carbocycles. The van der Waals surface area contributed by atoms with Crippen LogP contribution in [0, 0.1) is 0 Å². The van der Waals surface area contributed by atoms with Gasteiger partial charge in [0, 0.05) is 18.4 Å². The highest BCUT2D eigenvalue weighted by Crippen LogP contribution is 2.37. The summed E-state index contributed by atoms with van der Waals surface area (Å²) < 4.78 is 39.4. The summed E-state index contributed by atoms with van der Waals surface area (Å²) in [6, 6.07) is 8.96. The highest BCUT2D eigenvalue weighted by molar-refractivity contribution is 5.82. The molecule has 23 heavy (non-hydrogen) atoms. The molecule has 120 valence electrons. The van der Waals surface area contributed by atoms with Crippen molar-refractivity contribution in [3.8, 4) is 0 Å². The molecule has 0 saturated heterocycles. The minimum Gasteiger partial charge on any atom is -0.392 e. The van der Waals surface area contributed by atoms with Crippen molar-refractivity contribution in [1.82, 2.24) is 9.97 Å². The minimum atomic E-state index is -4.71. The van der Waals surface area contributed by atoms with Gasteiger partial charge in [-0.3, -0.25) is 0 Å². The van der Waals surface area contributed by atoms with Crippen LogP contribution in [0.4, 0.5) is 13.2 Å². The van der Waals surface area contributed by atoms with Gasteiger partial charge in [-0.1, -0.05) is 30.3 Å². The molecule has 1 aromatic heterocycles. The van der Waals surface area contributed by atoms with Gasteiger partial charge in [-0.15, -0.1) is 0 Å². The zero-order valence-electron chi connectivity index (χ0n) is 11.9. The lowest BCUT2D eigenvalue weighted by Crippen LogP contribution is -2.29. The SMILES string of the molecule is O=c1nc2c(c(C(F)(F)F)[nH]1)CC(O)CC2=Cc1ccccc1. The fourth-order valence-electron chi connectivity index (χ4n) is 2.74. The first kappa shape index (κ1) is 15.5. The van der Waals surface area contributed by atoms with Gasteiger partial charge in [-0.2, -0.15) is 18.2 Å². The molecule has 0 fully saturated rings. The lowest BCUT2D eigenvalue weighted by atomic mass is 9.87. The van der Waals surface area contributed by atoms with E-state index in [-0.39, 0.29) is 24.1 Å². The summed E-state index contributed by atoms with van der Waals surface area (Å²) in [4.78, 5) is 17.0. The predicted octanol–water partition coefficient (Wildman–Crippen LogP) is 2.64. The number of rotatable bonds is 1. The monoisotopic (exact) mass is 322 g/mol. The van der Waals surface area contributed by atoms with E-state index in [2.05, 4.69) is 4.98 Å². The molecule has 1 aliphatic carbocycles. The Morgan fingerprint density at radius 3 is 2.57 bits per heavy atom. The number of aliphatic hydroxyl groups excluding tert-OH is 1. The maximum absolute atomic E-state index is 13.1. The standard InChI is InChI=1S/C16H13F3N2O2/c17-16(18,19)14-12-8-11(22)7-10(13(12)20-15(23)21-14)6-9-4-2-1-3-5-9/h1-6,11,22H,7-8H2,(H,20,21,23). The Bertz CT molecular complexity index is 810. The number of alkyl halides is 3. The third-order valence-corrected chi connectivity index (χ3v) is 3.66. The van der Waals surface area contributed by atoms with Gasteiger partial charge in [-0.25, -0.2) is 4.79 Å². The van der Waals surface area contributed by atoms with Gasteiger partial charge in [-0.05, 0) is 17.2 Å². The van der Waals surface area contributed by atoms with Crippen molar-refractivity contribution in [1.29, 1.82) is 0 Å². The number of aromatic nitrogens is 2. The second kappa shape index (κ2) is 5.66. The van der Waals surface area contributed by atoms with Crippen LogP contribution in [0.3, 0.4) is 0 Å². The third kappa shape index (κ3) is 3.19. The average Bonchev–Trinajstić information content (AvgIpc) is 2.47. The fourth-order valence-corrected chi connectivity index (χ4v) is 2.74. The number of hydrogen-bond donors (Lipinski definition) is 2. The molecular weight excluding hydrogens is 309 g/mol. The van der Waals surface area contributed by atoms with Crippen LogP contribution in [0.1, 0.15) is 28.9 Å². The number of aliphatic hydroxyl groups is 1. The van der Waals surface area contributed by atoms with Gasteiger partial charge in [0.15, 0.2) is 0 Å².